The zero-order valence-corrected chi connectivity index (χ0v) is 14.8. The Bertz CT molecular complexity index is 740. The number of piperidine rings is 1. The summed E-state index contributed by atoms with van der Waals surface area (Å²) in [6.07, 6.45) is 7.20. The second kappa shape index (κ2) is 7.79. The summed E-state index contributed by atoms with van der Waals surface area (Å²) in [5.74, 6) is 2.42. The Morgan fingerprint density at radius 2 is 2.25 bits per heavy atom. The highest BCUT2D eigenvalue weighted by Gasteiger charge is 2.31. The molecule has 6 nitrogen and oxygen atoms in total. The molecule has 1 heterocycles. The maximum atomic E-state index is 12.6. The Morgan fingerprint density at radius 3 is 2.92 bits per heavy atom. The van der Waals surface area contributed by atoms with Crippen LogP contribution in [0.2, 0.25) is 0 Å². The number of amides is 1. The third-order valence-corrected chi connectivity index (χ3v) is 5.92. The van der Waals surface area contributed by atoms with Gasteiger partial charge in [0.05, 0.1) is 6.54 Å². The first-order valence-electron chi connectivity index (χ1n) is 7.91. The fraction of sp³-hybridized carbons (Fsp3) is 0.471. The highest BCUT2D eigenvalue weighted by atomic mass is 32.2. The van der Waals surface area contributed by atoms with Crippen LogP contribution in [0.3, 0.4) is 0 Å². The Balaban J connectivity index is 1.98. The molecule has 1 aliphatic rings. The zero-order chi connectivity index (χ0) is 17.7. The van der Waals surface area contributed by atoms with Crippen molar-refractivity contribution in [1.29, 1.82) is 0 Å². The number of carbonyl (C=O) groups is 1. The number of hydrogen-bond donors (Lipinski definition) is 1. The molecule has 1 N–H and O–H groups in total. The Hall–Kier alpha value is -1.88. The van der Waals surface area contributed by atoms with Crippen LogP contribution < -0.4 is 5.32 Å². The van der Waals surface area contributed by atoms with Crippen molar-refractivity contribution in [2.75, 3.05) is 32.0 Å². The Labute approximate surface area is 144 Å². The maximum absolute atomic E-state index is 12.6. The molecule has 1 aromatic rings. The minimum absolute atomic E-state index is 0.243. The van der Waals surface area contributed by atoms with E-state index < -0.39 is 16.1 Å². The van der Waals surface area contributed by atoms with Crippen LogP contribution in [-0.4, -0.2) is 49.6 Å². The van der Waals surface area contributed by atoms with Gasteiger partial charge in [-0.2, -0.15) is 17.0 Å². The summed E-state index contributed by atoms with van der Waals surface area (Å²) >= 11 is 0. The van der Waals surface area contributed by atoms with Gasteiger partial charge in [0.1, 0.15) is 0 Å². The van der Waals surface area contributed by atoms with Crippen LogP contribution >= 0.6 is 0 Å². The lowest BCUT2D eigenvalue weighted by Crippen LogP contribution is -2.48. The summed E-state index contributed by atoms with van der Waals surface area (Å²) in [6, 6.07) is 6.86. The minimum Gasteiger partial charge on any atom is -0.325 e. The second-order valence-electron chi connectivity index (χ2n) is 6.14. The van der Waals surface area contributed by atoms with E-state index >= 15 is 0 Å². The molecule has 1 atom stereocenters. The number of terminal acetylenes is 1. The molecule has 1 fully saturated rings. The van der Waals surface area contributed by atoms with Gasteiger partial charge in [0, 0.05) is 31.4 Å². The summed E-state index contributed by atoms with van der Waals surface area (Å²) in [5.41, 5.74) is 1.20. The van der Waals surface area contributed by atoms with Crippen molar-refractivity contribution in [1.82, 2.24) is 8.61 Å². The number of likely N-dealkylation sites (N-methyl/N-ethyl adjacent to an activating group) is 1. The number of carbonyl (C=O) groups excluding carboxylic acids is 1. The van der Waals surface area contributed by atoms with E-state index in [1.54, 1.807) is 24.3 Å². The summed E-state index contributed by atoms with van der Waals surface area (Å²) in [4.78, 5) is 12.1. The fourth-order valence-corrected chi connectivity index (χ4v) is 4.20. The molecule has 24 heavy (non-hydrogen) atoms. The van der Waals surface area contributed by atoms with Gasteiger partial charge in [-0.3, -0.25) is 4.79 Å². The molecular weight excluding hydrogens is 326 g/mol. The maximum Gasteiger partial charge on any atom is 0.282 e. The molecule has 1 aromatic carbocycles. The molecule has 1 saturated heterocycles. The summed E-state index contributed by atoms with van der Waals surface area (Å²) in [6.45, 7) is 2.79. The van der Waals surface area contributed by atoms with E-state index in [0.717, 1.165) is 17.1 Å². The first kappa shape index (κ1) is 18.5. The highest BCUT2D eigenvalue weighted by Crippen LogP contribution is 2.20. The standard InChI is InChI=1S/C17H23N3O3S/c1-4-15-8-5-9-16(11-15)18-17(21)13-19(3)24(22,23)20-10-6-7-14(2)12-20/h1,5,8-9,11,14H,6-7,10,12-13H2,2-3H3,(H,18,21). The molecular formula is C17H23N3O3S. The Kier molecular flexibility index (Phi) is 5.99. The minimum atomic E-state index is -3.62. The van der Waals surface area contributed by atoms with E-state index in [0.29, 0.717) is 30.3 Å². The molecule has 0 aliphatic carbocycles. The molecule has 2 rings (SSSR count). The van der Waals surface area contributed by atoms with Crippen molar-refractivity contribution in [2.24, 2.45) is 5.92 Å². The van der Waals surface area contributed by atoms with Crippen LogP contribution in [-0.2, 0) is 15.0 Å². The predicted octanol–water partition coefficient (Wildman–Crippen LogP) is 1.51. The highest BCUT2D eigenvalue weighted by molar-refractivity contribution is 7.86. The summed E-state index contributed by atoms with van der Waals surface area (Å²) < 4.78 is 27.7. The largest absolute Gasteiger partial charge is 0.325 e. The van der Waals surface area contributed by atoms with Gasteiger partial charge in [0.15, 0.2) is 0 Å². The SMILES string of the molecule is C#Cc1cccc(NC(=O)CN(C)S(=O)(=O)N2CCCC(C)C2)c1. The molecule has 0 bridgehead atoms. The second-order valence-corrected chi connectivity index (χ2v) is 8.18. The van der Waals surface area contributed by atoms with E-state index in [2.05, 4.69) is 11.2 Å². The summed E-state index contributed by atoms with van der Waals surface area (Å²) in [5, 5.41) is 2.67. The molecule has 1 unspecified atom stereocenters. The molecule has 1 amide bonds. The third-order valence-electron chi connectivity index (χ3n) is 4.02. The van der Waals surface area contributed by atoms with Crippen molar-refractivity contribution >= 4 is 21.8 Å². The fourth-order valence-electron chi connectivity index (χ4n) is 2.72. The number of benzene rings is 1. The van der Waals surface area contributed by atoms with E-state index in [1.807, 2.05) is 6.92 Å². The smallest absolute Gasteiger partial charge is 0.282 e. The van der Waals surface area contributed by atoms with E-state index in [1.165, 1.54) is 11.4 Å². The average Bonchev–Trinajstić information content (AvgIpc) is 2.54. The van der Waals surface area contributed by atoms with E-state index in [-0.39, 0.29) is 6.54 Å². The van der Waals surface area contributed by atoms with E-state index in [4.69, 9.17) is 6.42 Å². The van der Waals surface area contributed by atoms with Crippen LogP contribution in [0.1, 0.15) is 25.3 Å². The van der Waals surface area contributed by atoms with Crippen molar-refractivity contribution < 1.29 is 13.2 Å². The van der Waals surface area contributed by atoms with Gasteiger partial charge in [-0.05, 0) is 37.0 Å². The van der Waals surface area contributed by atoms with Crippen LogP contribution in [0.4, 0.5) is 5.69 Å². The topological polar surface area (TPSA) is 69.7 Å². The van der Waals surface area contributed by atoms with Crippen molar-refractivity contribution in [3.63, 3.8) is 0 Å². The van der Waals surface area contributed by atoms with Crippen LogP contribution in [0.25, 0.3) is 0 Å². The average molecular weight is 349 g/mol. The number of anilines is 1. The first-order chi connectivity index (χ1) is 11.3. The third kappa shape index (κ3) is 4.57. The van der Waals surface area contributed by atoms with Gasteiger partial charge in [-0.15, -0.1) is 6.42 Å². The van der Waals surface area contributed by atoms with Crippen LogP contribution in [0.15, 0.2) is 24.3 Å². The number of nitrogens with one attached hydrogen (secondary N) is 1. The van der Waals surface area contributed by atoms with Gasteiger partial charge in [-0.1, -0.05) is 18.9 Å². The first-order valence-corrected chi connectivity index (χ1v) is 9.30. The van der Waals surface area contributed by atoms with Crippen molar-refractivity contribution in [3.8, 4) is 12.3 Å². The molecule has 0 spiro atoms. The van der Waals surface area contributed by atoms with Gasteiger partial charge < -0.3 is 5.32 Å². The predicted molar refractivity (Wildman–Crippen MR) is 94.5 cm³/mol. The van der Waals surface area contributed by atoms with Gasteiger partial charge in [0.25, 0.3) is 10.2 Å². The molecule has 0 radical (unpaired) electrons. The van der Waals surface area contributed by atoms with Crippen LogP contribution in [0, 0.1) is 18.3 Å². The van der Waals surface area contributed by atoms with Gasteiger partial charge in [-0.25, -0.2) is 0 Å². The van der Waals surface area contributed by atoms with Gasteiger partial charge >= 0.3 is 0 Å². The number of nitrogens with zero attached hydrogens (tertiary/aromatic N) is 2. The van der Waals surface area contributed by atoms with Gasteiger partial charge in [0.2, 0.25) is 5.91 Å². The molecule has 130 valence electrons. The lowest BCUT2D eigenvalue weighted by molar-refractivity contribution is -0.116. The molecule has 0 aromatic heterocycles. The lowest BCUT2D eigenvalue weighted by atomic mass is 10.0. The van der Waals surface area contributed by atoms with Crippen LogP contribution in [0.5, 0.6) is 0 Å². The Morgan fingerprint density at radius 1 is 1.50 bits per heavy atom. The normalized spacial score (nSPS) is 19.0. The monoisotopic (exact) mass is 349 g/mol. The molecule has 7 heteroatoms. The van der Waals surface area contributed by atoms with Crippen molar-refractivity contribution in [3.05, 3.63) is 29.8 Å². The zero-order valence-electron chi connectivity index (χ0n) is 14.0. The number of hydrogen-bond acceptors (Lipinski definition) is 3. The summed E-state index contributed by atoms with van der Waals surface area (Å²) in [7, 11) is -2.20. The number of rotatable bonds is 5. The van der Waals surface area contributed by atoms with Crippen molar-refractivity contribution in [2.45, 2.75) is 19.8 Å². The lowest BCUT2D eigenvalue weighted by Gasteiger charge is -2.32. The van der Waals surface area contributed by atoms with E-state index in [9.17, 15) is 13.2 Å². The quantitative estimate of drug-likeness (QED) is 0.820. The molecule has 1 aliphatic heterocycles. The molecule has 0 saturated carbocycles.